The van der Waals surface area contributed by atoms with E-state index in [1.165, 1.54) is 0 Å². The second-order valence-electron chi connectivity index (χ2n) is 9.49. The maximum absolute atomic E-state index is 12.8. The van der Waals surface area contributed by atoms with Gasteiger partial charge in [0, 0.05) is 36.3 Å². The van der Waals surface area contributed by atoms with Crippen LogP contribution in [0.15, 0.2) is 36.9 Å². The van der Waals surface area contributed by atoms with Gasteiger partial charge in [-0.2, -0.15) is 5.48 Å². The van der Waals surface area contributed by atoms with Gasteiger partial charge in [-0.25, -0.2) is 19.6 Å². The molecule has 1 unspecified atom stereocenters. The van der Waals surface area contributed by atoms with Gasteiger partial charge in [0.25, 0.3) is 0 Å². The van der Waals surface area contributed by atoms with Crippen LogP contribution in [0.3, 0.4) is 0 Å². The lowest BCUT2D eigenvalue weighted by Crippen LogP contribution is -2.75. The molecule has 182 valence electrons. The molecule has 1 fully saturated rings. The predicted octanol–water partition coefficient (Wildman–Crippen LogP) is 2.58. The lowest BCUT2D eigenvalue weighted by atomic mass is 10.0. The highest BCUT2D eigenvalue weighted by atomic mass is 16.6. The third-order valence-corrected chi connectivity index (χ3v) is 5.83. The smallest absolute Gasteiger partial charge is 0.410 e. The molecule has 0 radical (unpaired) electrons. The lowest BCUT2D eigenvalue weighted by Gasteiger charge is -2.38. The third-order valence-electron chi connectivity index (χ3n) is 5.83. The molecule has 4 rings (SSSR count). The van der Waals surface area contributed by atoms with Crippen molar-refractivity contribution in [2.24, 2.45) is 0 Å². The van der Waals surface area contributed by atoms with E-state index in [0.29, 0.717) is 38.5 Å². The molecule has 1 aromatic heterocycles. The fourth-order valence-corrected chi connectivity index (χ4v) is 4.19. The Morgan fingerprint density at radius 1 is 1.24 bits per heavy atom. The number of carbonyl (C=O) groups excluding carboxylic acids is 1. The van der Waals surface area contributed by atoms with Crippen LogP contribution in [0, 0.1) is 0 Å². The summed E-state index contributed by atoms with van der Waals surface area (Å²) in [6.45, 7) is 12.5. The quantitative estimate of drug-likeness (QED) is 0.410. The zero-order valence-electron chi connectivity index (χ0n) is 20.4. The minimum Gasteiger partial charge on any atom is -0.444 e. The van der Waals surface area contributed by atoms with Gasteiger partial charge in [-0.15, -0.1) is 6.58 Å². The fourth-order valence-electron chi connectivity index (χ4n) is 4.19. The number of hydrogen-bond donors (Lipinski definition) is 1. The van der Waals surface area contributed by atoms with Gasteiger partial charge < -0.3 is 19.3 Å². The summed E-state index contributed by atoms with van der Waals surface area (Å²) in [6.07, 6.45) is 2.24. The van der Waals surface area contributed by atoms with Gasteiger partial charge in [0.2, 0.25) is 0 Å². The van der Waals surface area contributed by atoms with Crippen LogP contribution in [0.1, 0.15) is 32.0 Å². The number of hydrogen-bond acceptors (Lipinski definition) is 7. The van der Waals surface area contributed by atoms with Gasteiger partial charge >= 0.3 is 6.09 Å². The van der Waals surface area contributed by atoms with Crippen molar-refractivity contribution in [1.82, 2.24) is 14.9 Å². The number of aromatic nitrogens is 2. The SMILES string of the molecule is C=CC1COCCN1c1nc(-c2ccc([NH2+]OC)cc2)nc2c1CCN(C(=O)OC(C)(C)C)C2. The highest BCUT2D eigenvalue weighted by Crippen LogP contribution is 2.32. The minimum absolute atomic E-state index is 0.0307. The number of anilines is 1. The summed E-state index contributed by atoms with van der Waals surface area (Å²) in [4.78, 5) is 31.8. The maximum atomic E-state index is 12.8. The summed E-state index contributed by atoms with van der Waals surface area (Å²) in [5.41, 5.74) is 4.91. The number of fused-ring (bicyclic) bond motifs is 1. The fraction of sp³-hybridized carbons (Fsp3) is 0.480. The van der Waals surface area contributed by atoms with Crippen LogP contribution in [-0.2, 0) is 27.3 Å². The lowest BCUT2D eigenvalue weighted by molar-refractivity contribution is -0.830. The topological polar surface area (TPSA) is 93.6 Å². The van der Waals surface area contributed by atoms with Crippen molar-refractivity contribution in [1.29, 1.82) is 0 Å². The first-order valence-corrected chi connectivity index (χ1v) is 11.6. The van der Waals surface area contributed by atoms with Crippen molar-refractivity contribution in [2.75, 3.05) is 38.3 Å². The average molecular weight is 469 g/mol. The largest absolute Gasteiger partial charge is 0.444 e. The molecule has 1 atom stereocenters. The molecular formula is C25H34N5O4+. The molecule has 1 amide bonds. The monoisotopic (exact) mass is 468 g/mol. The van der Waals surface area contributed by atoms with E-state index in [1.54, 1.807) is 17.5 Å². The van der Waals surface area contributed by atoms with E-state index < -0.39 is 5.60 Å². The second kappa shape index (κ2) is 10.1. The molecule has 0 saturated carbocycles. The zero-order valence-corrected chi connectivity index (χ0v) is 20.4. The second-order valence-corrected chi connectivity index (χ2v) is 9.49. The Morgan fingerprint density at radius 2 is 2.00 bits per heavy atom. The van der Waals surface area contributed by atoms with Crippen molar-refractivity contribution in [3.8, 4) is 11.4 Å². The molecule has 2 aromatic rings. The minimum atomic E-state index is -0.550. The Bertz CT molecular complexity index is 1030. The summed E-state index contributed by atoms with van der Waals surface area (Å²) in [5, 5.41) is 0. The first-order chi connectivity index (χ1) is 16.3. The van der Waals surface area contributed by atoms with Gasteiger partial charge in [-0.3, -0.25) is 0 Å². The van der Waals surface area contributed by atoms with Crippen LogP contribution in [-0.4, -0.2) is 66.0 Å². The van der Waals surface area contributed by atoms with Crippen LogP contribution in [0.25, 0.3) is 11.4 Å². The summed E-state index contributed by atoms with van der Waals surface area (Å²) in [6, 6.07) is 7.93. The molecule has 2 aliphatic rings. The van der Waals surface area contributed by atoms with Crippen molar-refractivity contribution in [3.05, 3.63) is 48.2 Å². The van der Waals surface area contributed by atoms with Crippen molar-refractivity contribution < 1.29 is 24.6 Å². The Balaban J connectivity index is 1.73. The number of rotatable bonds is 5. The average Bonchev–Trinajstić information content (AvgIpc) is 2.82. The summed E-state index contributed by atoms with van der Waals surface area (Å²) < 4.78 is 11.3. The van der Waals surface area contributed by atoms with E-state index in [-0.39, 0.29) is 12.1 Å². The zero-order chi connectivity index (χ0) is 24.3. The Morgan fingerprint density at radius 3 is 2.68 bits per heavy atom. The number of amides is 1. The molecule has 3 heterocycles. The number of quaternary nitrogens is 1. The van der Waals surface area contributed by atoms with Crippen LogP contribution in [0.5, 0.6) is 0 Å². The van der Waals surface area contributed by atoms with E-state index in [4.69, 9.17) is 24.3 Å². The van der Waals surface area contributed by atoms with Crippen molar-refractivity contribution in [3.63, 3.8) is 0 Å². The molecule has 9 nitrogen and oxygen atoms in total. The molecule has 0 aliphatic carbocycles. The standard InChI is InChI=1S/C25H33N5O4/c1-6-19-16-33-14-13-30(19)23-20-11-12-29(24(31)34-25(2,3)4)15-21(20)26-22(27-23)17-7-9-18(10-8-17)28-32-5/h6-10,19,28H,1,11-16H2,2-5H3/p+1. The van der Waals surface area contributed by atoms with E-state index in [0.717, 1.165) is 34.9 Å². The molecule has 2 aliphatic heterocycles. The highest BCUT2D eigenvalue weighted by Gasteiger charge is 2.32. The van der Waals surface area contributed by atoms with E-state index in [1.807, 2.05) is 51.1 Å². The van der Waals surface area contributed by atoms with Gasteiger partial charge in [-0.1, -0.05) is 6.08 Å². The number of benzene rings is 1. The number of nitrogens with zero attached hydrogens (tertiary/aromatic N) is 4. The van der Waals surface area contributed by atoms with Gasteiger partial charge in [0.15, 0.2) is 11.5 Å². The highest BCUT2D eigenvalue weighted by molar-refractivity contribution is 5.70. The van der Waals surface area contributed by atoms with E-state index in [9.17, 15) is 4.79 Å². The van der Waals surface area contributed by atoms with Crippen molar-refractivity contribution in [2.45, 2.75) is 45.4 Å². The van der Waals surface area contributed by atoms with Crippen molar-refractivity contribution >= 4 is 17.6 Å². The van der Waals surface area contributed by atoms with Crippen LogP contribution >= 0.6 is 0 Å². The third kappa shape index (κ3) is 5.38. The normalized spacial score (nSPS) is 18.4. The molecule has 2 N–H and O–H groups in total. The number of carbonyl (C=O) groups is 1. The molecule has 34 heavy (non-hydrogen) atoms. The molecule has 9 heteroatoms. The van der Waals surface area contributed by atoms with Gasteiger partial charge in [-0.05, 0) is 39.3 Å². The molecule has 0 spiro atoms. The Labute approximate surface area is 200 Å². The van der Waals surface area contributed by atoms with E-state index in [2.05, 4.69) is 11.5 Å². The summed E-state index contributed by atoms with van der Waals surface area (Å²) in [5.74, 6) is 1.52. The van der Waals surface area contributed by atoms with Gasteiger partial charge in [0.1, 0.15) is 11.4 Å². The molecule has 1 saturated heterocycles. The number of morpholine rings is 1. The Hall–Kier alpha value is -3.01. The summed E-state index contributed by atoms with van der Waals surface area (Å²) in [7, 11) is 1.63. The predicted molar refractivity (Wildman–Crippen MR) is 129 cm³/mol. The number of ether oxygens (including phenoxy) is 2. The van der Waals surface area contributed by atoms with Crippen LogP contribution in [0.4, 0.5) is 16.3 Å². The number of nitrogens with two attached hydrogens (primary N) is 1. The summed E-state index contributed by atoms with van der Waals surface area (Å²) >= 11 is 0. The maximum Gasteiger partial charge on any atom is 0.410 e. The van der Waals surface area contributed by atoms with Crippen LogP contribution in [0.2, 0.25) is 0 Å². The van der Waals surface area contributed by atoms with E-state index >= 15 is 0 Å². The molecular weight excluding hydrogens is 434 g/mol. The molecule has 1 aromatic carbocycles. The molecule has 0 bridgehead atoms. The van der Waals surface area contributed by atoms with Crippen LogP contribution < -0.4 is 10.4 Å². The first-order valence-electron chi connectivity index (χ1n) is 11.6. The van der Waals surface area contributed by atoms with Gasteiger partial charge in [0.05, 0.1) is 38.6 Å². The Kier molecular flexibility index (Phi) is 7.16. The first kappa shape index (κ1) is 24.1.